The summed E-state index contributed by atoms with van der Waals surface area (Å²) in [6.07, 6.45) is 0. The number of nitrogens with zero attached hydrogens (tertiary/aromatic N) is 1. The lowest BCUT2D eigenvalue weighted by Crippen LogP contribution is -2.57. The molecule has 0 unspecified atom stereocenters. The number of likely N-dealkylation sites (N-methyl/N-ethyl adjacent to an activating group) is 1. The monoisotopic (exact) mass is 294 g/mol. The molecular weight excluding hydrogens is 283 g/mol. The van der Waals surface area contributed by atoms with E-state index in [1.165, 1.54) is 16.4 Å². The Bertz CT molecular complexity index is 529. The van der Waals surface area contributed by atoms with E-state index in [4.69, 9.17) is 23.2 Å². The predicted octanol–water partition coefficient (Wildman–Crippen LogP) is 1.59. The average Bonchev–Trinajstić information content (AvgIpc) is 2.19. The topological polar surface area (TPSA) is 49.4 Å². The third kappa shape index (κ3) is 2.44. The first-order valence-corrected chi connectivity index (χ1v) is 7.26. The van der Waals surface area contributed by atoms with Crippen molar-refractivity contribution in [2.45, 2.75) is 10.9 Å². The van der Waals surface area contributed by atoms with Crippen LogP contribution in [0.2, 0.25) is 10.0 Å². The molecule has 1 saturated heterocycles. The summed E-state index contributed by atoms with van der Waals surface area (Å²) in [7, 11) is -2.02. The molecule has 0 bridgehead atoms. The molecule has 1 aromatic carbocycles. The molecule has 0 aromatic heterocycles. The minimum absolute atomic E-state index is 0.0185. The van der Waals surface area contributed by atoms with Gasteiger partial charge in [0, 0.05) is 31.2 Å². The lowest BCUT2D eigenvalue weighted by Gasteiger charge is -2.34. The predicted molar refractivity (Wildman–Crippen MR) is 68.1 cm³/mol. The molecule has 2 rings (SSSR count). The van der Waals surface area contributed by atoms with Gasteiger partial charge in [0.2, 0.25) is 10.0 Å². The van der Waals surface area contributed by atoms with Gasteiger partial charge in [0.15, 0.2) is 0 Å². The second-order valence-electron chi connectivity index (χ2n) is 3.91. The Morgan fingerprint density at radius 2 is 2.00 bits per heavy atom. The van der Waals surface area contributed by atoms with Gasteiger partial charge >= 0.3 is 0 Å². The Labute approximate surface area is 111 Å². The van der Waals surface area contributed by atoms with Gasteiger partial charge in [-0.05, 0) is 18.2 Å². The van der Waals surface area contributed by atoms with Gasteiger partial charge in [-0.2, -0.15) is 4.31 Å². The van der Waals surface area contributed by atoms with E-state index >= 15 is 0 Å². The van der Waals surface area contributed by atoms with Crippen molar-refractivity contribution in [1.82, 2.24) is 9.62 Å². The van der Waals surface area contributed by atoms with Crippen molar-refractivity contribution in [3.63, 3.8) is 0 Å². The maximum Gasteiger partial charge on any atom is 0.244 e. The largest absolute Gasteiger partial charge is 0.313 e. The van der Waals surface area contributed by atoms with Crippen LogP contribution in [0.15, 0.2) is 23.1 Å². The molecule has 17 heavy (non-hydrogen) atoms. The van der Waals surface area contributed by atoms with Crippen molar-refractivity contribution in [3.8, 4) is 0 Å². The van der Waals surface area contributed by atoms with Crippen molar-refractivity contribution in [2.75, 3.05) is 20.1 Å². The number of benzene rings is 1. The van der Waals surface area contributed by atoms with Crippen molar-refractivity contribution in [1.29, 1.82) is 0 Å². The Balaban J connectivity index is 2.39. The van der Waals surface area contributed by atoms with Crippen LogP contribution in [0.4, 0.5) is 0 Å². The second kappa shape index (κ2) is 4.74. The molecule has 0 aliphatic carbocycles. The molecule has 1 aromatic rings. The number of hydrogen-bond acceptors (Lipinski definition) is 3. The minimum atomic E-state index is -3.58. The minimum Gasteiger partial charge on any atom is -0.313 e. The number of rotatable bonds is 3. The maximum absolute atomic E-state index is 12.3. The molecule has 1 heterocycles. The number of halogens is 2. The van der Waals surface area contributed by atoms with E-state index in [-0.39, 0.29) is 16.0 Å². The zero-order valence-corrected chi connectivity index (χ0v) is 11.5. The quantitative estimate of drug-likeness (QED) is 0.921. The van der Waals surface area contributed by atoms with Crippen molar-refractivity contribution in [3.05, 3.63) is 28.2 Å². The molecule has 0 saturated carbocycles. The fraction of sp³-hybridized carbons (Fsp3) is 0.400. The summed E-state index contributed by atoms with van der Waals surface area (Å²) in [6, 6.07) is 4.41. The summed E-state index contributed by atoms with van der Waals surface area (Å²) >= 11 is 11.7. The lowest BCUT2D eigenvalue weighted by atomic mass is 10.2. The van der Waals surface area contributed by atoms with E-state index in [2.05, 4.69) is 5.32 Å². The Morgan fingerprint density at radius 1 is 1.35 bits per heavy atom. The van der Waals surface area contributed by atoms with E-state index in [0.717, 1.165) is 0 Å². The standard InChI is InChI=1S/C10H12Cl2N2O2S/c1-14(8-5-13-6-8)17(15,16)10-4-7(11)2-3-9(10)12/h2-4,8,13H,5-6H2,1H3. The molecule has 1 aliphatic rings. The average molecular weight is 295 g/mol. The summed E-state index contributed by atoms with van der Waals surface area (Å²) in [6.45, 7) is 1.32. The smallest absolute Gasteiger partial charge is 0.244 e. The molecule has 94 valence electrons. The zero-order valence-electron chi connectivity index (χ0n) is 9.15. The van der Waals surface area contributed by atoms with Crippen LogP contribution in [-0.2, 0) is 10.0 Å². The summed E-state index contributed by atoms with van der Waals surface area (Å²) in [5.41, 5.74) is 0. The lowest BCUT2D eigenvalue weighted by molar-refractivity contribution is 0.274. The number of sulfonamides is 1. The normalized spacial score (nSPS) is 17.2. The van der Waals surface area contributed by atoms with Crippen LogP contribution >= 0.6 is 23.2 Å². The van der Waals surface area contributed by atoms with Gasteiger partial charge < -0.3 is 5.32 Å². The van der Waals surface area contributed by atoms with Crippen LogP contribution in [0.5, 0.6) is 0 Å². The molecule has 0 atom stereocenters. The van der Waals surface area contributed by atoms with Gasteiger partial charge in [-0.1, -0.05) is 23.2 Å². The van der Waals surface area contributed by atoms with Gasteiger partial charge in [-0.15, -0.1) is 0 Å². The van der Waals surface area contributed by atoms with Gasteiger partial charge in [-0.25, -0.2) is 8.42 Å². The number of nitrogens with one attached hydrogen (secondary N) is 1. The van der Waals surface area contributed by atoms with E-state index < -0.39 is 10.0 Å². The van der Waals surface area contributed by atoms with Crippen LogP contribution in [-0.4, -0.2) is 38.9 Å². The molecule has 1 N–H and O–H groups in total. The highest BCUT2D eigenvalue weighted by molar-refractivity contribution is 7.89. The molecule has 0 spiro atoms. The maximum atomic E-state index is 12.3. The van der Waals surface area contributed by atoms with Crippen LogP contribution < -0.4 is 5.32 Å². The molecular formula is C10H12Cl2N2O2S. The molecule has 4 nitrogen and oxygen atoms in total. The third-order valence-electron chi connectivity index (χ3n) is 2.82. The fourth-order valence-corrected chi connectivity index (χ4v) is 3.65. The van der Waals surface area contributed by atoms with Crippen LogP contribution in [0.25, 0.3) is 0 Å². The van der Waals surface area contributed by atoms with Gasteiger partial charge in [-0.3, -0.25) is 0 Å². The summed E-state index contributed by atoms with van der Waals surface area (Å²) in [5.74, 6) is 0. The van der Waals surface area contributed by atoms with E-state index in [0.29, 0.717) is 18.1 Å². The highest BCUT2D eigenvalue weighted by atomic mass is 35.5. The Morgan fingerprint density at radius 3 is 2.53 bits per heavy atom. The van der Waals surface area contributed by atoms with Crippen molar-refractivity contribution in [2.24, 2.45) is 0 Å². The molecule has 1 aliphatic heterocycles. The summed E-state index contributed by atoms with van der Waals surface area (Å²) in [4.78, 5) is 0.0565. The highest BCUT2D eigenvalue weighted by Gasteiger charge is 2.32. The van der Waals surface area contributed by atoms with Crippen molar-refractivity contribution >= 4 is 33.2 Å². The SMILES string of the molecule is CN(C1CNC1)S(=O)(=O)c1cc(Cl)ccc1Cl. The first-order chi connectivity index (χ1) is 7.93. The summed E-state index contributed by atoms with van der Waals surface area (Å²) < 4.78 is 25.9. The highest BCUT2D eigenvalue weighted by Crippen LogP contribution is 2.28. The van der Waals surface area contributed by atoms with E-state index in [1.54, 1.807) is 13.1 Å². The van der Waals surface area contributed by atoms with Crippen LogP contribution in [0.3, 0.4) is 0 Å². The summed E-state index contributed by atoms with van der Waals surface area (Å²) in [5, 5.41) is 3.57. The fourth-order valence-electron chi connectivity index (χ4n) is 1.56. The van der Waals surface area contributed by atoms with Gasteiger partial charge in [0.1, 0.15) is 4.90 Å². The second-order valence-corrected chi connectivity index (χ2v) is 6.72. The van der Waals surface area contributed by atoms with Gasteiger partial charge in [0.05, 0.1) is 5.02 Å². The van der Waals surface area contributed by atoms with Crippen LogP contribution in [0, 0.1) is 0 Å². The van der Waals surface area contributed by atoms with Gasteiger partial charge in [0.25, 0.3) is 0 Å². The first-order valence-electron chi connectivity index (χ1n) is 5.07. The van der Waals surface area contributed by atoms with E-state index in [1.807, 2.05) is 0 Å². The van der Waals surface area contributed by atoms with Crippen molar-refractivity contribution < 1.29 is 8.42 Å². The molecule has 0 radical (unpaired) electrons. The molecule has 1 fully saturated rings. The Hall–Kier alpha value is -0.330. The Kier molecular flexibility index (Phi) is 3.66. The zero-order chi connectivity index (χ0) is 12.6. The van der Waals surface area contributed by atoms with Crippen LogP contribution in [0.1, 0.15) is 0 Å². The molecule has 7 heteroatoms. The third-order valence-corrected chi connectivity index (χ3v) is 5.45. The first kappa shape index (κ1) is 13.1. The number of hydrogen-bond donors (Lipinski definition) is 1. The molecule has 0 amide bonds. The van der Waals surface area contributed by atoms with E-state index in [9.17, 15) is 8.42 Å².